The molecule has 2 aromatic rings. The lowest BCUT2D eigenvalue weighted by Gasteiger charge is -2.25. The van der Waals surface area contributed by atoms with Crippen molar-refractivity contribution in [1.82, 2.24) is 15.1 Å². The van der Waals surface area contributed by atoms with Gasteiger partial charge in [-0.25, -0.2) is 0 Å². The fraction of sp³-hybridized carbons (Fsp3) is 0.471. The second kappa shape index (κ2) is 7.72. The van der Waals surface area contributed by atoms with E-state index in [4.69, 9.17) is 4.74 Å². The van der Waals surface area contributed by atoms with Crippen LogP contribution in [0.2, 0.25) is 0 Å². The molecule has 0 bridgehead atoms. The standard InChI is InChI=1S/C17H22N4O2S/c1-3-20(12-15-18-19-17(24-15)23-4-2)14-10-11-21(16(14)22)13-8-6-5-7-9-13/h5-9,14H,3-4,10-12H2,1-2H3/t14-/m0/s1. The fourth-order valence-corrected chi connectivity index (χ4v) is 3.74. The number of aromatic nitrogens is 2. The molecule has 1 aliphatic rings. The van der Waals surface area contributed by atoms with Crippen molar-refractivity contribution in [1.29, 1.82) is 0 Å². The van der Waals surface area contributed by atoms with Crippen molar-refractivity contribution in [3.05, 3.63) is 35.3 Å². The van der Waals surface area contributed by atoms with Gasteiger partial charge in [-0.05, 0) is 32.0 Å². The number of ether oxygens (including phenoxy) is 1. The van der Waals surface area contributed by atoms with Crippen LogP contribution in [0.3, 0.4) is 0 Å². The molecule has 2 heterocycles. The second-order valence-corrected chi connectivity index (χ2v) is 6.61. The molecule has 0 aliphatic carbocycles. The van der Waals surface area contributed by atoms with E-state index in [1.807, 2.05) is 42.2 Å². The van der Waals surface area contributed by atoms with E-state index in [9.17, 15) is 4.79 Å². The van der Waals surface area contributed by atoms with Crippen LogP contribution in [0.5, 0.6) is 5.19 Å². The number of carbonyl (C=O) groups is 1. The van der Waals surface area contributed by atoms with Gasteiger partial charge in [0.15, 0.2) is 0 Å². The van der Waals surface area contributed by atoms with E-state index in [1.54, 1.807) is 0 Å². The minimum atomic E-state index is -0.102. The maximum absolute atomic E-state index is 12.8. The molecular weight excluding hydrogens is 324 g/mol. The summed E-state index contributed by atoms with van der Waals surface area (Å²) in [6, 6.07) is 9.75. The number of nitrogens with zero attached hydrogens (tertiary/aromatic N) is 4. The normalized spacial score (nSPS) is 17.7. The number of rotatable bonds is 7. The highest BCUT2D eigenvalue weighted by atomic mass is 32.1. The van der Waals surface area contributed by atoms with Gasteiger partial charge in [-0.3, -0.25) is 9.69 Å². The molecule has 1 aromatic carbocycles. The van der Waals surface area contributed by atoms with Crippen molar-refractivity contribution in [3.8, 4) is 5.19 Å². The van der Waals surface area contributed by atoms with Crippen LogP contribution >= 0.6 is 11.3 Å². The third-order valence-corrected chi connectivity index (χ3v) is 4.97. The van der Waals surface area contributed by atoms with Gasteiger partial charge in [-0.2, -0.15) is 0 Å². The minimum Gasteiger partial charge on any atom is -0.469 e. The van der Waals surface area contributed by atoms with E-state index in [0.29, 0.717) is 18.3 Å². The predicted octanol–water partition coefficient (Wildman–Crippen LogP) is 2.56. The zero-order valence-electron chi connectivity index (χ0n) is 14.0. The Morgan fingerprint density at radius 1 is 1.29 bits per heavy atom. The Hall–Kier alpha value is -1.99. The Morgan fingerprint density at radius 2 is 2.08 bits per heavy atom. The van der Waals surface area contributed by atoms with E-state index in [-0.39, 0.29) is 11.9 Å². The molecule has 1 amide bonds. The third-order valence-electron chi connectivity index (χ3n) is 4.15. The topological polar surface area (TPSA) is 58.6 Å². The number of anilines is 1. The molecule has 1 aliphatic heterocycles. The molecule has 128 valence electrons. The number of benzene rings is 1. The van der Waals surface area contributed by atoms with Gasteiger partial charge < -0.3 is 9.64 Å². The van der Waals surface area contributed by atoms with Crippen LogP contribution in [-0.4, -0.2) is 46.7 Å². The summed E-state index contributed by atoms with van der Waals surface area (Å²) in [6.45, 7) is 6.75. The van der Waals surface area contributed by atoms with E-state index in [2.05, 4.69) is 22.0 Å². The number of amides is 1. The number of hydrogen-bond acceptors (Lipinski definition) is 6. The Bertz CT molecular complexity index is 676. The number of para-hydroxylation sites is 1. The molecule has 6 nitrogen and oxygen atoms in total. The van der Waals surface area contributed by atoms with E-state index < -0.39 is 0 Å². The summed E-state index contributed by atoms with van der Waals surface area (Å²) >= 11 is 1.45. The molecule has 0 saturated carbocycles. The maximum atomic E-state index is 12.8. The molecule has 1 atom stereocenters. The first kappa shape index (κ1) is 16.9. The van der Waals surface area contributed by atoms with Gasteiger partial charge in [0.2, 0.25) is 5.91 Å². The number of carbonyl (C=O) groups excluding carboxylic acids is 1. The van der Waals surface area contributed by atoms with E-state index in [0.717, 1.165) is 30.2 Å². The van der Waals surface area contributed by atoms with Crippen molar-refractivity contribution in [2.75, 3.05) is 24.6 Å². The summed E-state index contributed by atoms with van der Waals surface area (Å²) in [5.41, 5.74) is 0.968. The van der Waals surface area contributed by atoms with Crippen molar-refractivity contribution in [2.24, 2.45) is 0 Å². The first-order valence-corrected chi connectivity index (χ1v) is 9.10. The summed E-state index contributed by atoms with van der Waals surface area (Å²) < 4.78 is 5.37. The summed E-state index contributed by atoms with van der Waals surface area (Å²) in [4.78, 5) is 16.9. The number of hydrogen-bond donors (Lipinski definition) is 0. The van der Waals surface area contributed by atoms with Crippen LogP contribution in [0, 0.1) is 0 Å². The van der Waals surface area contributed by atoms with Crippen molar-refractivity contribution < 1.29 is 9.53 Å². The highest BCUT2D eigenvalue weighted by Crippen LogP contribution is 2.26. The lowest BCUT2D eigenvalue weighted by atomic mass is 10.2. The van der Waals surface area contributed by atoms with E-state index in [1.165, 1.54) is 11.3 Å². The highest BCUT2D eigenvalue weighted by molar-refractivity contribution is 7.13. The fourth-order valence-electron chi connectivity index (χ4n) is 2.97. The van der Waals surface area contributed by atoms with Crippen LogP contribution in [0.15, 0.2) is 30.3 Å². The van der Waals surface area contributed by atoms with Crippen LogP contribution in [0.1, 0.15) is 25.3 Å². The molecule has 0 spiro atoms. The van der Waals surface area contributed by atoms with Gasteiger partial charge in [0, 0.05) is 12.2 Å². The van der Waals surface area contributed by atoms with Gasteiger partial charge in [-0.1, -0.05) is 36.5 Å². The van der Waals surface area contributed by atoms with Crippen LogP contribution in [-0.2, 0) is 11.3 Å². The Kier molecular flexibility index (Phi) is 5.42. The predicted molar refractivity (Wildman–Crippen MR) is 94.4 cm³/mol. The van der Waals surface area contributed by atoms with Gasteiger partial charge in [0.1, 0.15) is 5.01 Å². The maximum Gasteiger partial charge on any atom is 0.294 e. The molecule has 1 saturated heterocycles. The van der Waals surface area contributed by atoms with Crippen LogP contribution < -0.4 is 9.64 Å². The SMILES string of the molecule is CCOc1nnc(CN(CC)[C@H]2CCN(c3ccccc3)C2=O)s1. The smallest absolute Gasteiger partial charge is 0.294 e. The summed E-state index contributed by atoms with van der Waals surface area (Å²) in [5, 5.41) is 9.67. The van der Waals surface area contributed by atoms with Crippen LogP contribution in [0.25, 0.3) is 0 Å². The third kappa shape index (κ3) is 3.57. The minimum absolute atomic E-state index is 0.102. The van der Waals surface area contributed by atoms with Crippen molar-refractivity contribution >= 4 is 22.9 Å². The molecular formula is C17H22N4O2S. The second-order valence-electron chi connectivity index (χ2n) is 5.59. The van der Waals surface area contributed by atoms with Crippen LogP contribution in [0.4, 0.5) is 5.69 Å². The Balaban J connectivity index is 1.68. The molecule has 7 heteroatoms. The lowest BCUT2D eigenvalue weighted by Crippen LogP contribution is -2.41. The molecule has 0 radical (unpaired) electrons. The molecule has 1 fully saturated rings. The summed E-state index contributed by atoms with van der Waals surface area (Å²) in [7, 11) is 0. The van der Waals surface area contributed by atoms with Gasteiger partial charge >= 0.3 is 0 Å². The zero-order valence-corrected chi connectivity index (χ0v) is 14.8. The Morgan fingerprint density at radius 3 is 2.79 bits per heavy atom. The highest BCUT2D eigenvalue weighted by Gasteiger charge is 2.36. The van der Waals surface area contributed by atoms with Crippen molar-refractivity contribution in [2.45, 2.75) is 32.9 Å². The molecule has 0 unspecified atom stereocenters. The summed E-state index contributed by atoms with van der Waals surface area (Å²) in [5.74, 6) is 0.164. The first-order chi connectivity index (χ1) is 11.7. The molecule has 0 N–H and O–H groups in total. The lowest BCUT2D eigenvalue weighted by molar-refractivity contribution is -0.121. The summed E-state index contributed by atoms with van der Waals surface area (Å²) in [6.07, 6.45) is 0.832. The van der Waals surface area contributed by atoms with Gasteiger partial charge in [0.05, 0.1) is 19.2 Å². The van der Waals surface area contributed by atoms with E-state index >= 15 is 0 Å². The number of likely N-dealkylation sites (N-methyl/N-ethyl adjacent to an activating group) is 1. The average Bonchev–Trinajstić information content (AvgIpc) is 3.20. The quantitative estimate of drug-likeness (QED) is 0.771. The van der Waals surface area contributed by atoms with Gasteiger partial charge in [-0.15, -0.1) is 10.2 Å². The molecule has 1 aromatic heterocycles. The largest absolute Gasteiger partial charge is 0.469 e. The molecule has 3 rings (SSSR count). The average molecular weight is 346 g/mol. The zero-order chi connectivity index (χ0) is 16.9. The molecule has 24 heavy (non-hydrogen) atoms. The van der Waals surface area contributed by atoms with Crippen molar-refractivity contribution in [3.63, 3.8) is 0 Å². The Labute approximate surface area is 146 Å². The monoisotopic (exact) mass is 346 g/mol. The first-order valence-electron chi connectivity index (χ1n) is 8.28. The van der Waals surface area contributed by atoms with Gasteiger partial charge in [0.25, 0.3) is 5.19 Å².